The zero-order valence-corrected chi connectivity index (χ0v) is 26.3. The van der Waals surface area contributed by atoms with E-state index in [-0.39, 0.29) is 23.7 Å². The summed E-state index contributed by atoms with van der Waals surface area (Å²) in [6, 6.07) is 7.94. The summed E-state index contributed by atoms with van der Waals surface area (Å²) in [5, 5.41) is 7.72. The molecule has 1 aliphatic rings. The summed E-state index contributed by atoms with van der Waals surface area (Å²) in [6.45, 7) is 10.5. The summed E-state index contributed by atoms with van der Waals surface area (Å²) in [5.74, 6) is 6.63. The molecule has 0 radical (unpaired) electrons. The number of allylic oxidation sites excluding steroid dienone is 2. The molecule has 2 N–H and O–H groups in total. The number of benzene rings is 1. The average Bonchev–Trinajstić information content (AvgIpc) is 3.37. The number of carbonyl (C=O) groups excluding carboxylic acids is 2. The Morgan fingerprint density at radius 1 is 1.26 bits per heavy atom. The second-order valence-electron chi connectivity index (χ2n) is 10.5. The van der Waals surface area contributed by atoms with Crippen LogP contribution in [0.1, 0.15) is 82.8 Å². The highest BCUT2D eigenvalue weighted by molar-refractivity contribution is 7.14. The normalized spacial score (nSPS) is 13.6. The van der Waals surface area contributed by atoms with E-state index in [4.69, 9.17) is 0 Å². The van der Waals surface area contributed by atoms with Crippen molar-refractivity contribution in [1.29, 1.82) is 0 Å². The topological polar surface area (TPSA) is 101 Å². The highest BCUT2D eigenvalue weighted by atomic mass is 32.1. The molecular formula is C33H42N6O2S. The van der Waals surface area contributed by atoms with Gasteiger partial charge < -0.3 is 15.2 Å². The van der Waals surface area contributed by atoms with Crippen LogP contribution in [0.2, 0.25) is 0 Å². The van der Waals surface area contributed by atoms with Gasteiger partial charge in [0.25, 0.3) is 5.91 Å². The lowest BCUT2D eigenvalue weighted by Gasteiger charge is -2.08. The largest absolute Gasteiger partial charge is 0.342 e. The number of carbonyl (C=O) groups is 2. The van der Waals surface area contributed by atoms with Crippen molar-refractivity contribution < 1.29 is 9.59 Å². The van der Waals surface area contributed by atoms with Crippen LogP contribution in [-0.4, -0.2) is 45.7 Å². The van der Waals surface area contributed by atoms with Crippen LogP contribution in [0.4, 0.5) is 5.13 Å². The Kier molecular flexibility index (Phi) is 12.2. The van der Waals surface area contributed by atoms with Gasteiger partial charge in [-0.2, -0.15) is 0 Å². The average molecular weight is 587 g/mol. The zero-order chi connectivity index (χ0) is 30.5. The highest BCUT2D eigenvalue weighted by Gasteiger charge is 2.43. The molecule has 0 saturated heterocycles. The fraction of sp³-hybridized carbons (Fsp3) is 0.424. The van der Waals surface area contributed by atoms with Gasteiger partial charge in [-0.25, -0.2) is 9.97 Å². The third kappa shape index (κ3) is 9.25. The number of thiazole rings is 1. The van der Waals surface area contributed by atoms with Gasteiger partial charge in [-0.05, 0) is 44.2 Å². The van der Waals surface area contributed by atoms with Crippen molar-refractivity contribution in [3.63, 3.8) is 0 Å². The molecule has 222 valence electrons. The van der Waals surface area contributed by atoms with E-state index in [1.165, 1.54) is 17.8 Å². The summed E-state index contributed by atoms with van der Waals surface area (Å²) >= 11 is 1.33. The minimum absolute atomic E-state index is 0.183. The molecule has 9 heteroatoms. The van der Waals surface area contributed by atoms with E-state index >= 15 is 0 Å². The van der Waals surface area contributed by atoms with E-state index in [9.17, 15) is 9.59 Å². The van der Waals surface area contributed by atoms with Gasteiger partial charge in [-0.1, -0.05) is 64.3 Å². The van der Waals surface area contributed by atoms with Crippen molar-refractivity contribution in [2.45, 2.75) is 72.3 Å². The number of aliphatic imine (C=N–C) groups is 1. The maximum atomic E-state index is 12.5. The number of amides is 2. The summed E-state index contributed by atoms with van der Waals surface area (Å²) in [5.41, 5.74) is 3.58. The fourth-order valence-corrected chi connectivity index (χ4v) is 4.50. The molecule has 1 aromatic carbocycles. The summed E-state index contributed by atoms with van der Waals surface area (Å²) in [4.78, 5) is 38.1. The maximum Gasteiger partial charge on any atom is 0.271 e. The van der Waals surface area contributed by atoms with Crippen molar-refractivity contribution in [2.75, 3.05) is 18.9 Å². The molecule has 42 heavy (non-hydrogen) atoms. The second-order valence-corrected chi connectivity index (χ2v) is 11.4. The SMILES string of the molecule is C/C=C\C(=NC)c1cccc(-c2csc(NC(=O)CNC(=O)c3cn(C4(C#CCCC)CC4)cn3)n2)c1.CCC(C)C. The van der Waals surface area contributed by atoms with Crippen LogP contribution < -0.4 is 10.6 Å². The van der Waals surface area contributed by atoms with E-state index in [0.29, 0.717) is 5.13 Å². The minimum atomic E-state index is -0.405. The van der Waals surface area contributed by atoms with Crippen molar-refractivity contribution in [3.8, 4) is 23.1 Å². The lowest BCUT2D eigenvalue weighted by atomic mass is 10.0. The predicted octanol–water partition coefficient (Wildman–Crippen LogP) is 6.72. The molecule has 8 nitrogen and oxygen atoms in total. The Labute approximate surface area is 253 Å². The molecule has 0 atom stereocenters. The van der Waals surface area contributed by atoms with E-state index in [0.717, 1.165) is 54.1 Å². The van der Waals surface area contributed by atoms with E-state index in [1.807, 2.05) is 53.3 Å². The fourth-order valence-electron chi connectivity index (χ4n) is 3.77. The number of nitrogens with zero attached hydrogens (tertiary/aromatic N) is 4. The van der Waals surface area contributed by atoms with Gasteiger partial charge in [0.05, 0.1) is 24.3 Å². The number of aromatic nitrogens is 3. The lowest BCUT2D eigenvalue weighted by Crippen LogP contribution is -2.33. The Hall–Kier alpha value is -4.03. The van der Waals surface area contributed by atoms with Gasteiger partial charge in [0.1, 0.15) is 11.2 Å². The Bertz CT molecular complexity index is 1470. The second kappa shape index (κ2) is 15.8. The summed E-state index contributed by atoms with van der Waals surface area (Å²) in [7, 11) is 1.76. The Balaban J connectivity index is 0.000000892. The molecular weight excluding hydrogens is 544 g/mol. The molecule has 3 aromatic rings. The monoisotopic (exact) mass is 586 g/mol. The molecule has 2 aromatic heterocycles. The molecule has 1 fully saturated rings. The lowest BCUT2D eigenvalue weighted by molar-refractivity contribution is -0.115. The third-order valence-corrected chi connectivity index (χ3v) is 7.48. The molecule has 2 heterocycles. The van der Waals surface area contributed by atoms with Gasteiger partial charge in [0.15, 0.2) is 5.13 Å². The summed E-state index contributed by atoms with van der Waals surface area (Å²) in [6.07, 6.45) is 12.3. The van der Waals surface area contributed by atoms with Crippen LogP contribution >= 0.6 is 11.3 Å². The van der Waals surface area contributed by atoms with Gasteiger partial charge in [-0.3, -0.25) is 14.6 Å². The Morgan fingerprint density at radius 2 is 2.02 bits per heavy atom. The quantitative estimate of drug-likeness (QED) is 0.204. The molecule has 0 unspecified atom stereocenters. The standard InChI is InChI=1S/C28H30N6O2S.C5H12/c1-4-6-7-12-28(13-14-28)34-17-23(31-19-34)26(36)30-16-25(35)33-27-32-24(18-37-27)21-11-8-10-20(15-21)22(29-3)9-5-2;1-4-5(2)3/h5,8-11,15,17-19H,4,6,13-14,16H2,1-3H3,(H,30,36)(H,32,33,35);5H,4H2,1-3H3/b9-5-,29-22?;. The number of hydrogen-bond acceptors (Lipinski definition) is 6. The number of anilines is 1. The first-order chi connectivity index (χ1) is 20.2. The molecule has 1 aliphatic carbocycles. The van der Waals surface area contributed by atoms with Crippen molar-refractivity contribution >= 4 is 34.0 Å². The van der Waals surface area contributed by atoms with Gasteiger partial charge in [-0.15, -0.1) is 17.3 Å². The van der Waals surface area contributed by atoms with Crippen molar-refractivity contribution in [3.05, 3.63) is 65.6 Å². The molecule has 2 amide bonds. The maximum absolute atomic E-state index is 12.5. The van der Waals surface area contributed by atoms with Crippen molar-refractivity contribution in [2.24, 2.45) is 10.9 Å². The first-order valence-electron chi connectivity index (χ1n) is 14.5. The number of rotatable bonds is 10. The van der Waals surface area contributed by atoms with E-state index < -0.39 is 5.91 Å². The van der Waals surface area contributed by atoms with Crippen LogP contribution in [0.25, 0.3) is 11.3 Å². The molecule has 0 aliphatic heterocycles. The first-order valence-corrected chi connectivity index (χ1v) is 15.4. The van der Waals surface area contributed by atoms with Crippen molar-refractivity contribution in [1.82, 2.24) is 19.9 Å². The number of imidazole rings is 1. The number of nitrogens with one attached hydrogen (secondary N) is 2. The van der Waals surface area contributed by atoms with Crippen LogP contribution in [0, 0.1) is 17.8 Å². The number of unbranched alkanes of at least 4 members (excludes halogenated alkanes) is 1. The first kappa shape index (κ1) is 32.5. The minimum Gasteiger partial charge on any atom is -0.342 e. The Morgan fingerprint density at radius 3 is 2.67 bits per heavy atom. The third-order valence-electron chi connectivity index (χ3n) is 6.73. The molecule has 1 saturated carbocycles. The van der Waals surface area contributed by atoms with Gasteiger partial charge in [0.2, 0.25) is 5.91 Å². The predicted molar refractivity (Wildman–Crippen MR) is 173 cm³/mol. The van der Waals surface area contributed by atoms with Gasteiger partial charge >= 0.3 is 0 Å². The van der Waals surface area contributed by atoms with Crippen LogP contribution in [-0.2, 0) is 10.3 Å². The highest BCUT2D eigenvalue weighted by Crippen LogP contribution is 2.42. The smallest absolute Gasteiger partial charge is 0.271 e. The van der Waals surface area contributed by atoms with Crippen LogP contribution in [0.15, 0.2) is 59.3 Å². The summed E-state index contributed by atoms with van der Waals surface area (Å²) < 4.78 is 1.91. The van der Waals surface area contributed by atoms with E-state index in [1.54, 1.807) is 19.6 Å². The van der Waals surface area contributed by atoms with Gasteiger partial charge in [0, 0.05) is 36.2 Å². The van der Waals surface area contributed by atoms with E-state index in [2.05, 4.69) is 65.1 Å². The molecule has 4 rings (SSSR count). The molecule has 0 spiro atoms. The van der Waals surface area contributed by atoms with Crippen LogP contribution in [0.3, 0.4) is 0 Å². The van der Waals surface area contributed by atoms with Crippen LogP contribution in [0.5, 0.6) is 0 Å². The number of hydrogen-bond donors (Lipinski definition) is 2. The molecule has 0 bridgehead atoms. The zero-order valence-electron chi connectivity index (χ0n) is 25.5.